The monoisotopic (exact) mass is 322 g/mol. The average molecular weight is 323 g/mol. The molecule has 1 aromatic carbocycles. The smallest absolute Gasteiger partial charge is 0.264 e. The van der Waals surface area contributed by atoms with Crippen LogP contribution in [0.3, 0.4) is 0 Å². The average Bonchev–Trinajstić information content (AvgIpc) is 2.85. The van der Waals surface area contributed by atoms with E-state index in [4.69, 9.17) is 17.3 Å². The molecule has 0 aliphatic carbocycles. The highest BCUT2D eigenvalue weighted by Crippen LogP contribution is 2.28. The van der Waals surface area contributed by atoms with Gasteiger partial charge >= 0.3 is 0 Å². The van der Waals surface area contributed by atoms with Crippen molar-refractivity contribution in [1.82, 2.24) is 9.97 Å². The lowest BCUT2D eigenvalue weighted by molar-refractivity contribution is 0.602. The maximum absolute atomic E-state index is 12.5. The van der Waals surface area contributed by atoms with Crippen molar-refractivity contribution in [3.05, 3.63) is 47.9 Å². The summed E-state index contributed by atoms with van der Waals surface area (Å²) in [6.07, 6.45) is 4.24. The summed E-state index contributed by atoms with van der Waals surface area (Å²) < 4.78 is 27.4. The highest BCUT2D eigenvalue weighted by atomic mass is 35.5. The molecule has 0 fully saturated rings. The van der Waals surface area contributed by atoms with Crippen molar-refractivity contribution >= 4 is 43.9 Å². The molecular formula is C13H11ClN4O2S. The quantitative estimate of drug-likeness (QED) is 0.645. The van der Waals surface area contributed by atoms with Crippen LogP contribution in [0, 0.1) is 0 Å². The van der Waals surface area contributed by atoms with Crippen LogP contribution in [0.2, 0.25) is 5.02 Å². The zero-order valence-electron chi connectivity index (χ0n) is 10.7. The van der Waals surface area contributed by atoms with Crippen LogP contribution < -0.4 is 10.5 Å². The number of rotatable bonds is 3. The Labute approximate surface area is 126 Å². The van der Waals surface area contributed by atoms with Crippen LogP contribution in [0.1, 0.15) is 0 Å². The van der Waals surface area contributed by atoms with Crippen LogP contribution in [0.4, 0.5) is 11.4 Å². The number of H-pyrrole nitrogens is 1. The number of nitrogens with one attached hydrogen (secondary N) is 2. The SMILES string of the molecule is Nc1ccc2[nH]cc(S(=O)(=O)Nc3cnccc3Cl)c2c1. The van der Waals surface area contributed by atoms with Crippen LogP contribution in [-0.4, -0.2) is 18.4 Å². The Kier molecular flexibility index (Phi) is 3.23. The molecule has 0 aliphatic rings. The molecule has 0 amide bonds. The summed E-state index contributed by atoms with van der Waals surface area (Å²) in [6.45, 7) is 0. The second-order valence-electron chi connectivity index (χ2n) is 4.42. The molecule has 2 heterocycles. The molecule has 0 saturated carbocycles. The first kappa shape index (κ1) is 13.7. The molecule has 21 heavy (non-hydrogen) atoms. The van der Waals surface area contributed by atoms with Gasteiger partial charge in [-0.1, -0.05) is 11.6 Å². The Morgan fingerprint density at radius 3 is 2.86 bits per heavy atom. The van der Waals surface area contributed by atoms with Gasteiger partial charge in [0.25, 0.3) is 10.0 Å². The highest BCUT2D eigenvalue weighted by molar-refractivity contribution is 7.93. The number of nitrogens with zero attached hydrogens (tertiary/aromatic N) is 1. The van der Waals surface area contributed by atoms with Crippen molar-refractivity contribution in [3.63, 3.8) is 0 Å². The molecule has 0 radical (unpaired) electrons. The fourth-order valence-electron chi connectivity index (χ4n) is 1.99. The summed E-state index contributed by atoms with van der Waals surface area (Å²) in [5.41, 5.74) is 7.10. The molecule has 0 aliphatic heterocycles. The highest BCUT2D eigenvalue weighted by Gasteiger charge is 2.20. The first-order chi connectivity index (χ1) is 9.97. The van der Waals surface area contributed by atoms with Crippen molar-refractivity contribution in [2.45, 2.75) is 4.90 Å². The van der Waals surface area contributed by atoms with Gasteiger partial charge in [0.2, 0.25) is 0 Å². The van der Waals surface area contributed by atoms with Crippen LogP contribution in [0.25, 0.3) is 10.9 Å². The van der Waals surface area contributed by atoms with Crippen LogP contribution in [0.5, 0.6) is 0 Å². The van der Waals surface area contributed by atoms with Gasteiger partial charge in [-0.2, -0.15) is 0 Å². The van der Waals surface area contributed by atoms with E-state index in [9.17, 15) is 8.42 Å². The lowest BCUT2D eigenvalue weighted by Crippen LogP contribution is -2.13. The number of hydrogen-bond acceptors (Lipinski definition) is 4. The van der Waals surface area contributed by atoms with Gasteiger partial charge in [-0.25, -0.2) is 8.42 Å². The second kappa shape index (κ2) is 4.94. The Hall–Kier alpha value is -2.25. The van der Waals surface area contributed by atoms with Gasteiger partial charge in [0.05, 0.1) is 16.9 Å². The summed E-state index contributed by atoms with van der Waals surface area (Å²) in [6, 6.07) is 6.53. The van der Waals surface area contributed by atoms with E-state index in [2.05, 4.69) is 14.7 Å². The number of aromatic nitrogens is 2. The number of nitrogen functional groups attached to an aromatic ring is 1. The van der Waals surface area contributed by atoms with Crippen molar-refractivity contribution < 1.29 is 8.42 Å². The Morgan fingerprint density at radius 1 is 1.29 bits per heavy atom. The summed E-state index contributed by atoms with van der Waals surface area (Å²) >= 11 is 5.94. The van der Waals surface area contributed by atoms with Crippen LogP contribution in [0.15, 0.2) is 47.8 Å². The van der Waals surface area contributed by atoms with E-state index in [1.54, 1.807) is 18.2 Å². The fraction of sp³-hybridized carbons (Fsp3) is 0. The molecule has 0 unspecified atom stereocenters. The third kappa shape index (κ3) is 2.53. The number of anilines is 2. The van der Waals surface area contributed by atoms with Crippen molar-refractivity contribution in [1.29, 1.82) is 0 Å². The third-order valence-electron chi connectivity index (χ3n) is 2.97. The van der Waals surface area contributed by atoms with E-state index >= 15 is 0 Å². The molecule has 0 saturated heterocycles. The number of aromatic amines is 1. The molecule has 2 aromatic heterocycles. The molecule has 6 nitrogen and oxygen atoms in total. The second-order valence-corrected chi connectivity index (χ2v) is 6.48. The lowest BCUT2D eigenvalue weighted by atomic mass is 10.2. The largest absolute Gasteiger partial charge is 0.399 e. The molecule has 3 aromatic rings. The summed E-state index contributed by atoms with van der Waals surface area (Å²) in [7, 11) is -3.80. The van der Waals surface area contributed by atoms with E-state index in [-0.39, 0.29) is 15.6 Å². The van der Waals surface area contributed by atoms with Gasteiger partial charge in [0.1, 0.15) is 4.90 Å². The standard InChI is InChI=1S/C13H11ClN4O2S/c14-10-3-4-16-6-12(10)18-21(19,20)13-7-17-11-2-1-8(15)5-9(11)13/h1-7,17-18H,15H2. The van der Waals surface area contributed by atoms with E-state index < -0.39 is 10.0 Å². The summed E-state index contributed by atoms with van der Waals surface area (Å²) in [5, 5.41) is 0.787. The molecule has 4 N–H and O–H groups in total. The zero-order valence-corrected chi connectivity index (χ0v) is 12.2. The maximum atomic E-state index is 12.5. The molecule has 0 atom stereocenters. The Balaban J connectivity index is 2.09. The first-order valence-corrected chi connectivity index (χ1v) is 7.82. The van der Waals surface area contributed by atoms with Gasteiger partial charge < -0.3 is 10.7 Å². The Morgan fingerprint density at radius 2 is 2.10 bits per heavy atom. The van der Waals surface area contributed by atoms with Gasteiger partial charge in [0, 0.05) is 29.0 Å². The minimum absolute atomic E-state index is 0.102. The van der Waals surface area contributed by atoms with Crippen molar-refractivity contribution in [2.24, 2.45) is 0 Å². The molecule has 3 rings (SSSR count). The van der Waals surface area contributed by atoms with E-state index in [0.29, 0.717) is 16.6 Å². The van der Waals surface area contributed by atoms with Crippen molar-refractivity contribution in [3.8, 4) is 0 Å². The van der Waals surface area contributed by atoms with Crippen molar-refractivity contribution in [2.75, 3.05) is 10.5 Å². The first-order valence-electron chi connectivity index (χ1n) is 5.96. The maximum Gasteiger partial charge on any atom is 0.264 e. The number of pyridine rings is 1. The predicted molar refractivity (Wildman–Crippen MR) is 82.8 cm³/mol. The molecular weight excluding hydrogens is 312 g/mol. The van der Waals surface area contributed by atoms with Crippen LogP contribution in [-0.2, 0) is 10.0 Å². The van der Waals surface area contributed by atoms with E-state index in [1.807, 2.05) is 0 Å². The number of fused-ring (bicyclic) bond motifs is 1. The minimum atomic E-state index is -3.80. The lowest BCUT2D eigenvalue weighted by Gasteiger charge is -2.08. The van der Waals surface area contributed by atoms with Gasteiger partial charge in [-0.15, -0.1) is 0 Å². The van der Waals surface area contributed by atoms with Gasteiger partial charge in [-0.3, -0.25) is 9.71 Å². The Bertz CT molecular complexity index is 921. The molecule has 0 bridgehead atoms. The molecule has 108 valence electrons. The predicted octanol–water partition coefficient (Wildman–Crippen LogP) is 2.60. The van der Waals surface area contributed by atoms with Crippen LogP contribution >= 0.6 is 11.6 Å². The van der Waals surface area contributed by atoms with E-state index in [1.165, 1.54) is 24.7 Å². The zero-order chi connectivity index (χ0) is 15.0. The number of halogens is 1. The third-order valence-corrected chi connectivity index (χ3v) is 4.70. The normalized spacial score (nSPS) is 11.7. The summed E-state index contributed by atoms with van der Waals surface area (Å²) in [5.74, 6) is 0. The number of hydrogen-bond donors (Lipinski definition) is 3. The summed E-state index contributed by atoms with van der Waals surface area (Å²) in [4.78, 5) is 6.85. The minimum Gasteiger partial charge on any atom is -0.399 e. The van der Waals surface area contributed by atoms with E-state index in [0.717, 1.165) is 0 Å². The molecule has 0 spiro atoms. The topological polar surface area (TPSA) is 101 Å². The number of sulfonamides is 1. The number of nitrogens with two attached hydrogens (primary N) is 1. The molecule has 8 heteroatoms. The number of benzene rings is 1. The van der Waals surface area contributed by atoms with Gasteiger partial charge in [-0.05, 0) is 24.3 Å². The van der Waals surface area contributed by atoms with Gasteiger partial charge in [0.15, 0.2) is 0 Å². The fourth-order valence-corrected chi connectivity index (χ4v) is 3.43.